The van der Waals surface area contributed by atoms with Crippen LogP contribution in [0.3, 0.4) is 0 Å². The topological polar surface area (TPSA) is 50.7 Å². The molecule has 0 aromatic carbocycles. The van der Waals surface area contributed by atoms with Gasteiger partial charge < -0.3 is 5.84 Å². The van der Waals surface area contributed by atoms with Crippen LogP contribution in [0.2, 0.25) is 0 Å². The number of nitrogens with two attached hydrogens (primary N) is 1. The van der Waals surface area contributed by atoms with Crippen molar-refractivity contribution in [2.45, 2.75) is 19.9 Å². The summed E-state index contributed by atoms with van der Waals surface area (Å²) < 4.78 is 0. The Kier molecular flexibility index (Phi) is 2.36. The summed E-state index contributed by atoms with van der Waals surface area (Å²) in [6.07, 6.45) is 0. The zero-order valence-corrected chi connectivity index (χ0v) is 4.05. The molecule has 3 heteroatoms. The summed E-state index contributed by atoms with van der Waals surface area (Å²) >= 11 is 0. The van der Waals surface area contributed by atoms with Crippen LogP contribution in [0.4, 0.5) is 0 Å². The van der Waals surface area contributed by atoms with Crippen LogP contribution in [0.25, 0.3) is 0 Å². The summed E-state index contributed by atoms with van der Waals surface area (Å²) in [6.45, 7) is 3.83. The molecule has 0 fully saturated rings. The third-order valence-corrected chi connectivity index (χ3v) is 0.298. The molecule has 2 N–H and O–H groups in total. The van der Waals surface area contributed by atoms with Gasteiger partial charge in [0.1, 0.15) is 0 Å². The summed E-state index contributed by atoms with van der Waals surface area (Å²) in [6, 6.07) is 0.231. The Bertz CT molecular complexity index is 48.0. The third-order valence-electron chi connectivity index (χ3n) is 0.298. The average Bonchev–Trinajstić information content (AvgIpc) is 1.35. The van der Waals surface area contributed by atoms with Gasteiger partial charge in [0.25, 0.3) is 0 Å². The first-order chi connectivity index (χ1) is 2.77. The molecule has 0 aliphatic carbocycles. The highest BCUT2D eigenvalue weighted by atomic mass is 15.3. The molecule has 0 heterocycles. The first-order valence-corrected chi connectivity index (χ1v) is 1.87. The van der Waals surface area contributed by atoms with Crippen LogP contribution in [-0.2, 0) is 0 Å². The Balaban J connectivity index is 3.03. The van der Waals surface area contributed by atoms with E-state index in [0.29, 0.717) is 0 Å². The van der Waals surface area contributed by atoms with Gasteiger partial charge in [-0.15, -0.1) is 0 Å². The largest absolute Gasteiger partial charge is 0.305 e. The van der Waals surface area contributed by atoms with Crippen LogP contribution in [0.5, 0.6) is 0 Å². The summed E-state index contributed by atoms with van der Waals surface area (Å²) in [5, 5.41) is 6.59. The maximum Gasteiger partial charge on any atom is 0.0673 e. The van der Waals surface area contributed by atoms with Gasteiger partial charge >= 0.3 is 0 Å². The Morgan fingerprint density at radius 1 is 1.50 bits per heavy atom. The van der Waals surface area contributed by atoms with Crippen LogP contribution < -0.4 is 5.84 Å². The van der Waals surface area contributed by atoms with E-state index in [0.717, 1.165) is 0 Å². The van der Waals surface area contributed by atoms with E-state index in [4.69, 9.17) is 0 Å². The van der Waals surface area contributed by atoms with Gasteiger partial charge in [-0.25, -0.2) is 0 Å². The molecular weight excluding hydrogens is 78.1 g/mol. The first kappa shape index (κ1) is 5.40. The molecule has 0 atom stereocenters. The Morgan fingerprint density at radius 2 is 2.00 bits per heavy atom. The van der Waals surface area contributed by atoms with Gasteiger partial charge in [-0.1, -0.05) is 5.22 Å². The molecule has 36 valence electrons. The molecule has 0 bridgehead atoms. The van der Waals surface area contributed by atoms with Crippen molar-refractivity contribution in [2.75, 3.05) is 0 Å². The van der Waals surface area contributed by atoms with Crippen molar-refractivity contribution in [1.29, 1.82) is 0 Å². The van der Waals surface area contributed by atoms with E-state index >= 15 is 0 Å². The molecule has 0 aromatic rings. The third kappa shape index (κ3) is 3.40. The zero-order chi connectivity index (χ0) is 4.99. The summed E-state index contributed by atoms with van der Waals surface area (Å²) in [5.41, 5.74) is 0. The van der Waals surface area contributed by atoms with Crippen LogP contribution >= 0.6 is 0 Å². The highest BCUT2D eigenvalue weighted by Gasteiger charge is 1.79. The number of hydrogen-bond donors (Lipinski definition) is 1. The van der Waals surface area contributed by atoms with Gasteiger partial charge in [0.05, 0.1) is 6.04 Å². The molecule has 0 amide bonds. The van der Waals surface area contributed by atoms with Crippen LogP contribution in [-0.4, -0.2) is 6.04 Å². The highest BCUT2D eigenvalue weighted by Crippen LogP contribution is 1.81. The molecule has 0 rings (SSSR count). The molecule has 0 aliphatic heterocycles. The molecule has 0 saturated heterocycles. The van der Waals surface area contributed by atoms with Crippen molar-refractivity contribution >= 4 is 0 Å². The fourth-order valence-electron chi connectivity index (χ4n) is 0.133. The Hall–Kier alpha value is -0.600. The lowest BCUT2D eigenvalue weighted by Gasteiger charge is -1.85. The van der Waals surface area contributed by atoms with E-state index in [1.807, 2.05) is 13.8 Å². The van der Waals surface area contributed by atoms with Crippen molar-refractivity contribution < 1.29 is 0 Å². The second kappa shape index (κ2) is 2.63. The number of hydrogen-bond acceptors (Lipinski definition) is 2. The maximum absolute atomic E-state index is 4.69. The van der Waals surface area contributed by atoms with Crippen molar-refractivity contribution in [1.82, 2.24) is 0 Å². The minimum absolute atomic E-state index is 0.231. The Labute approximate surface area is 37.2 Å². The minimum atomic E-state index is 0.231. The molecule has 0 saturated carbocycles. The zero-order valence-electron chi connectivity index (χ0n) is 4.05. The van der Waals surface area contributed by atoms with E-state index in [2.05, 4.69) is 16.2 Å². The molecule has 0 spiro atoms. The van der Waals surface area contributed by atoms with E-state index in [-0.39, 0.29) is 6.04 Å². The SMILES string of the molecule is CC(C)/N=N\N. The smallest absolute Gasteiger partial charge is 0.0673 e. The normalized spacial score (nSPS) is 11.2. The maximum atomic E-state index is 4.69. The van der Waals surface area contributed by atoms with Gasteiger partial charge in [0, 0.05) is 0 Å². The minimum Gasteiger partial charge on any atom is -0.305 e. The predicted octanol–water partition coefficient (Wildman–Crippen LogP) is 0.721. The molecular formula is C3H9N3. The van der Waals surface area contributed by atoms with E-state index in [9.17, 15) is 0 Å². The van der Waals surface area contributed by atoms with E-state index in [1.54, 1.807) is 0 Å². The fraction of sp³-hybridized carbons (Fsp3) is 1.00. The van der Waals surface area contributed by atoms with Crippen molar-refractivity contribution in [3.8, 4) is 0 Å². The van der Waals surface area contributed by atoms with Gasteiger partial charge in [-0.2, -0.15) is 5.11 Å². The Morgan fingerprint density at radius 3 is 2.00 bits per heavy atom. The fourth-order valence-corrected chi connectivity index (χ4v) is 0.133. The monoisotopic (exact) mass is 87.1 g/mol. The average molecular weight is 87.1 g/mol. The van der Waals surface area contributed by atoms with E-state index in [1.165, 1.54) is 0 Å². The molecule has 0 aliphatic rings. The molecule has 0 unspecified atom stereocenters. The van der Waals surface area contributed by atoms with Gasteiger partial charge in [-0.05, 0) is 13.8 Å². The first-order valence-electron chi connectivity index (χ1n) is 1.87. The van der Waals surface area contributed by atoms with Gasteiger partial charge in [-0.3, -0.25) is 0 Å². The van der Waals surface area contributed by atoms with Crippen LogP contribution in [0.1, 0.15) is 13.8 Å². The molecule has 6 heavy (non-hydrogen) atoms. The second-order valence-corrected chi connectivity index (χ2v) is 1.32. The second-order valence-electron chi connectivity index (χ2n) is 1.32. The number of nitrogens with zero attached hydrogens (tertiary/aromatic N) is 2. The lowest BCUT2D eigenvalue weighted by molar-refractivity contribution is 0.750. The van der Waals surface area contributed by atoms with Crippen molar-refractivity contribution in [3.05, 3.63) is 0 Å². The van der Waals surface area contributed by atoms with E-state index < -0.39 is 0 Å². The van der Waals surface area contributed by atoms with Crippen molar-refractivity contribution in [3.63, 3.8) is 0 Å². The van der Waals surface area contributed by atoms with Gasteiger partial charge in [0.15, 0.2) is 0 Å². The highest BCUT2D eigenvalue weighted by molar-refractivity contribution is 4.40. The summed E-state index contributed by atoms with van der Waals surface area (Å²) in [5.74, 6) is 4.69. The number of rotatable bonds is 1. The summed E-state index contributed by atoms with van der Waals surface area (Å²) in [4.78, 5) is 0. The van der Waals surface area contributed by atoms with Crippen molar-refractivity contribution in [2.24, 2.45) is 16.2 Å². The van der Waals surface area contributed by atoms with Crippen LogP contribution in [0.15, 0.2) is 10.3 Å². The van der Waals surface area contributed by atoms with Crippen LogP contribution in [0, 0.1) is 0 Å². The standard InChI is InChI=1S/C3H9N3/c1-3(2)5-6-4/h3H,1-2H3,(H2,4,5). The lowest BCUT2D eigenvalue weighted by Crippen LogP contribution is -1.87. The molecule has 0 radical (unpaired) electrons. The molecule has 0 aromatic heterocycles. The lowest BCUT2D eigenvalue weighted by atomic mass is 10.4. The predicted molar refractivity (Wildman–Crippen MR) is 24.2 cm³/mol. The molecule has 3 nitrogen and oxygen atoms in total. The quantitative estimate of drug-likeness (QED) is 0.286. The van der Waals surface area contributed by atoms with Gasteiger partial charge in [0.2, 0.25) is 0 Å². The summed E-state index contributed by atoms with van der Waals surface area (Å²) in [7, 11) is 0.